The summed E-state index contributed by atoms with van der Waals surface area (Å²) in [5, 5.41) is 7.38. The number of para-hydroxylation sites is 4. The highest BCUT2D eigenvalue weighted by atomic mass is 15.0. The second-order valence-electron chi connectivity index (χ2n) is 14.8. The first-order valence-electron chi connectivity index (χ1n) is 19.5. The molecule has 12 aromatic rings. The van der Waals surface area contributed by atoms with Crippen molar-refractivity contribution in [1.29, 1.82) is 0 Å². The Morgan fingerprint density at radius 3 is 0.947 bits per heavy atom. The van der Waals surface area contributed by atoms with E-state index in [0.29, 0.717) is 0 Å². The van der Waals surface area contributed by atoms with Gasteiger partial charge in [0.1, 0.15) is 0 Å². The van der Waals surface area contributed by atoms with E-state index >= 15 is 0 Å². The lowest BCUT2D eigenvalue weighted by atomic mass is 10.1. The number of hydrogen-bond acceptors (Lipinski definition) is 1. The summed E-state index contributed by atoms with van der Waals surface area (Å²) in [6.07, 6.45) is 0. The van der Waals surface area contributed by atoms with Crippen molar-refractivity contribution in [2.24, 2.45) is 0 Å². The summed E-state index contributed by atoms with van der Waals surface area (Å²) in [6, 6.07) is 74.4. The Morgan fingerprint density at radius 1 is 0.246 bits per heavy atom. The predicted molar refractivity (Wildman–Crippen MR) is 238 cm³/mol. The Bertz CT molecular complexity index is 3180. The van der Waals surface area contributed by atoms with Gasteiger partial charge in [-0.2, -0.15) is 0 Å². The quantitative estimate of drug-likeness (QED) is 0.174. The largest absolute Gasteiger partial charge is 0.309 e. The van der Waals surface area contributed by atoms with Crippen LogP contribution in [0.15, 0.2) is 206 Å². The van der Waals surface area contributed by atoms with E-state index in [-0.39, 0.29) is 0 Å². The van der Waals surface area contributed by atoms with Crippen molar-refractivity contribution in [2.75, 3.05) is 0 Å². The van der Waals surface area contributed by atoms with Crippen LogP contribution in [0.5, 0.6) is 0 Å². The van der Waals surface area contributed by atoms with Gasteiger partial charge in [-0.15, -0.1) is 0 Å². The van der Waals surface area contributed by atoms with E-state index in [4.69, 9.17) is 4.98 Å². The van der Waals surface area contributed by atoms with Gasteiger partial charge < -0.3 is 13.7 Å². The maximum atomic E-state index is 5.24. The molecule has 57 heavy (non-hydrogen) atoms. The SMILES string of the molecule is c1ccc(-c2cc(-n3c4ccc(-n5c6ccccc6c6ccccc65)cc4c4cc(-n5c6ccccc6c6ccccc65)ccc43)cc(-c3ccccc3)n2)cc1. The Balaban J connectivity index is 1.18. The van der Waals surface area contributed by atoms with Crippen molar-refractivity contribution >= 4 is 65.4 Å². The average Bonchev–Trinajstić information content (AvgIpc) is 3.92. The second-order valence-corrected chi connectivity index (χ2v) is 14.8. The van der Waals surface area contributed by atoms with Gasteiger partial charge >= 0.3 is 0 Å². The number of aromatic nitrogens is 4. The predicted octanol–water partition coefficient (Wildman–Crippen LogP) is 13.7. The Morgan fingerprint density at radius 2 is 0.561 bits per heavy atom. The maximum absolute atomic E-state index is 5.24. The summed E-state index contributed by atoms with van der Waals surface area (Å²) in [5.41, 5.74) is 14.4. The number of fused-ring (bicyclic) bond motifs is 9. The molecule has 0 N–H and O–H groups in total. The van der Waals surface area contributed by atoms with Gasteiger partial charge in [-0.1, -0.05) is 133 Å². The summed E-state index contributed by atoms with van der Waals surface area (Å²) >= 11 is 0. The molecule has 0 atom stereocenters. The minimum absolute atomic E-state index is 0.936. The first kappa shape index (κ1) is 31.6. The molecule has 12 rings (SSSR count). The summed E-state index contributed by atoms with van der Waals surface area (Å²) < 4.78 is 7.26. The molecular formula is C53H34N4. The van der Waals surface area contributed by atoms with E-state index in [1.165, 1.54) is 54.4 Å². The van der Waals surface area contributed by atoms with Gasteiger partial charge in [0.25, 0.3) is 0 Å². The monoisotopic (exact) mass is 726 g/mol. The lowest BCUT2D eigenvalue weighted by Crippen LogP contribution is -1.99. The molecule has 0 bridgehead atoms. The highest BCUT2D eigenvalue weighted by molar-refractivity contribution is 6.14. The highest BCUT2D eigenvalue weighted by Gasteiger charge is 2.20. The standard InChI is InChI=1S/C53H34N4/c1-3-15-35(16-4-1)46-33-39(34-47(54-46)36-17-5-2-6-18-36)57-52-29-27-37(55-48-23-11-7-19-40(48)41-20-8-12-24-49(41)55)31-44(52)45-32-38(28-30-53(45)57)56-50-25-13-9-21-42(50)43-22-10-14-26-51(43)56/h1-34H. The van der Waals surface area contributed by atoms with Crippen LogP contribution in [0.3, 0.4) is 0 Å². The average molecular weight is 727 g/mol. The molecule has 0 aliphatic heterocycles. The molecular weight excluding hydrogens is 693 g/mol. The van der Waals surface area contributed by atoms with Crippen molar-refractivity contribution in [2.45, 2.75) is 0 Å². The van der Waals surface area contributed by atoms with E-state index in [0.717, 1.165) is 50.6 Å². The van der Waals surface area contributed by atoms with E-state index in [1.54, 1.807) is 0 Å². The molecule has 266 valence electrons. The lowest BCUT2D eigenvalue weighted by Gasteiger charge is -2.14. The molecule has 0 radical (unpaired) electrons. The van der Waals surface area contributed by atoms with Gasteiger partial charge in [0.05, 0.1) is 50.2 Å². The van der Waals surface area contributed by atoms with Gasteiger partial charge in [-0.25, -0.2) is 4.98 Å². The number of hydrogen-bond donors (Lipinski definition) is 0. The van der Waals surface area contributed by atoms with Gasteiger partial charge in [0, 0.05) is 54.8 Å². The minimum atomic E-state index is 0.936. The van der Waals surface area contributed by atoms with Crippen LogP contribution in [-0.2, 0) is 0 Å². The summed E-state index contributed by atoms with van der Waals surface area (Å²) in [7, 11) is 0. The fourth-order valence-corrected chi connectivity index (χ4v) is 9.12. The third-order valence-corrected chi connectivity index (χ3v) is 11.6. The van der Waals surface area contributed by atoms with E-state index in [1.807, 2.05) is 0 Å². The summed E-state index contributed by atoms with van der Waals surface area (Å²) in [5.74, 6) is 0. The zero-order valence-corrected chi connectivity index (χ0v) is 30.9. The molecule has 0 unspecified atom stereocenters. The fourth-order valence-electron chi connectivity index (χ4n) is 9.12. The van der Waals surface area contributed by atoms with Crippen LogP contribution in [-0.4, -0.2) is 18.7 Å². The molecule has 4 aromatic heterocycles. The topological polar surface area (TPSA) is 27.7 Å². The normalized spacial score (nSPS) is 11.9. The van der Waals surface area contributed by atoms with E-state index in [2.05, 4.69) is 220 Å². The third kappa shape index (κ3) is 4.84. The van der Waals surface area contributed by atoms with Gasteiger partial charge in [-0.05, 0) is 72.8 Å². The molecule has 0 aliphatic rings. The fraction of sp³-hybridized carbons (Fsp3) is 0. The molecule has 4 heterocycles. The first-order chi connectivity index (χ1) is 28.3. The van der Waals surface area contributed by atoms with Crippen molar-refractivity contribution in [3.8, 4) is 39.6 Å². The number of pyridine rings is 1. The van der Waals surface area contributed by atoms with Crippen molar-refractivity contribution in [3.63, 3.8) is 0 Å². The molecule has 0 spiro atoms. The number of rotatable bonds is 5. The van der Waals surface area contributed by atoms with Crippen LogP contribution in [0.25, 0.3) is 105 Å². The van der Waals surface area contributed by atoms with E-state index in [9.17, 15) is 0 Å². The highest BCUT2D eigenvalue weighted by Crippen LogP contribution is 2.40. The molecule has 0 aliphatic carbocycles. The summed E-state index contributed by atoms with van der Waals surface area (Å²) in [4.78, 5) is 5.24. The van der Waals surface area contributed by atoms with Crippen molar-refractivity contribution < 1.29 is 0 Å². The zero-order chi connectivity index (χ0) is 37.5. The zero-order valence-electron chi connectivity index (χ0n) is 30.9. The number of nitrogens with zero attached hydrogens (tertiary/aromatic N) is 4. The van der Waals surface area contributed by atoms with Crippen LogP contribution in [0, 0.1) is 0 Å². The van der Waals surface area contributed by atoms with Gasteiger partial charge in [-0.3, -0.25) is 0 Å². The van der Waals surface area contributed by atoms with Crippen molar-refractivity contribution in [3.05, 3.63) is 206 Å². The summed E-state index contributed by atoms with van der Waals surface area (Å²) in [6.45, 7) is 0. The van der Waals surface area contributed by atoms with Gasteiger partial charge in [0.15, 0.2) is 0 Å². The lowest BCUT2D eigenvalue weighted by molar-refractivity contribution is 1.15. The maximum Gasteiger partial charge on any atom is 0.0730 e. The molecule has 0 fully saturated rings. The van der Waals surface area contributed by atoms with E-state index < -0.39 is 0 Å². The molecule has 4 heteroatoms. The molecule has 0 amide bonds. The first-order valence-corrected chi connectivity index (χ1v) is 19.5. The van der Waals surface area contributed by atoms with Gasteiger partial charge in [0.2, 0.25) is 0 Å². The van der Waals surface area contributed by atoms with Crippen LogP contribution in [0.1, 0.15) is 0 Å². The Labute approximate surface area is 328 Å². The van der Waals surface area contributed by atoms with Crippen LogP contribution in [0.4, 0.5) is 0 Å². The molecule has 0 saturated heterocycles. The van der Waals surface area contributed by atoms with Crippen molar-refractivity contribution in [1.82, 2.24) is 18.7 Å². The Hall–Kier alpha value is -7.69. The number of benzene rings is 8. The second kappa shape index (κ2) is 12.4. The minimum Gasteiger partial charge on any atom is -0.309 e. The smallest absolute Gasteiger partial charge is 0.0730 e. The Kier molecular flexibility index (Phi) is 6.89. The molecule has 4 nitrogen and oxygen atoms in total. The van der Waals surface area contributed by atoms with Crippen LogP contribution in [0.2, 0.25) is 0 Å². The third-order valence-electron chi connectivity index (χ3n) is 11.6. The molecule has 0 saturated carbocycles. The van der Waals surface area contributed by atoms with Crippen LogP contribution >= 0.6 is 0 Å². The molecule has 8 aromatic carbocycles. The van der Waals surface area contributed by atoms with Crippen LogP contribution < -0.4 is 0 Å².